The lowest BCUT2D eigenvalue weighted by atomic mass is 10.0. The maximum absolute atomic E-state index is 13.5. The predicted octanol–water partition coefficient (Wildman–Crippen LogP) is 3.80. The van der Waals surface area contributed by atoms with Gasteiger partial charge < -0.3 is 5.32 Å². The molecule has 1 aromatic carbocycles. The Bertz CT molecular complexity index is 983. The van der Waals surface area contributed by atoms with Crippen LogP contribution in [0.3, 0.4) is 0 Å². The number of amides is 2. The third-order valence-corrected chi connectivity index (χ3v) is 4.95. The van der Waals surface area contributed by atoms with Crippen LogP contribution < -0.4 is 10.2 Å². The van der Waals surface area contributed by atoms with Crippen LogP contribution in [0, 0.1) is 0 Å². The molecule has 0 saturated heterocycles. The van der Waals surface area contributed by atoms with Gasteiger partial charge in [0, 0.05) is 29.0 Å². The highest BCUT2D eigenvalue weighted by atomic mass is 32.1. The molecule has 1 N–H and O–H groups in total. The first-order valence-electron chi connectivity index (χ1n) is 9.71. The van der Waals surface area contributed by atoms with Gasteiger partial charge in [-0.05, 0) is 74.1 Å². The van der Waals surface area contributed by atoms with Crippen molar-refractivity contribution in [3.63, 3.8) is 0 Å². The molecule has 2 aromatic heterocycles. The van der Waals surface area contributed by atoms with Crippen LogP contribution in [-0.4, -0.2) is 31.9 Å². The van der Waals surface area contributed by atoms with Crippen molar-refractivity contribution in [1.29, 1.82) is 0 Å². The third-order valence-electron chi connectivity index (χ3n) is 4.45. The van der Waals surface area contributed by atoms with Gasteiger partial charge in [0.1, 0.15) is 6.04 Å². The van der Waals surface area contributed by atoms with Crippen molar-refractivity contribution in [2.24, 2.45) is 0 Å². The molecule has 1 atom stereocenters. The SMILES string of the molecule is CCc1ccc(N(C(=O)c2csnn2)[C@@H](C(=O)NC(C)(C)C)c2ccncc2)cc1. The van der Waals surface area contributed by atoms with Gasteiger partial charge >= 0.3 is 0 Å². The first-order chi connectivity index (χ1) is 14.3. The molecule has 0 radical (unpaired) electrons. The van der Waals surface area contributed by atoms with Crippen LogP contribution in [0.4, 0.5) is 5.69 Å². The zero-order valence-corrected chi connectivity index (χ0v) is 18.3. The number of carbonyl (C=O) groups is 2. The third kappa shape index (κ3) is 5.07. The summed E-state index contributed by atoms with van der Waals surface area (Å²) in [6.07, 6.45) is 4.10. The number of aryl methyl sites for hydroxylation is 1. The molecule has 0 bridgehead atoms. The Hall–Kier alpha value is -3.13. The topological polar surface area (TPSA) is 88.1 Å². The molecule has 7 nitrogen and oxygen atoms in total. The monoisotopic (exact) mass is 423 g/mol. The molecule has 0 aliphatic heterocycles. The standard InChI is InChI=1S/C22H25N5O2S/c1-5-15-6-8-17(9-7-15)27(21(29)18-14-30-26-25-18)19(16-10-12-23-13-11-16)20(28)24-22(2,3)4/h6-14,19H,5H2,1-4H3,(H,24,28)/t19-/m1/s1. The summed E-state index contributed by atoms with van der Waals surface area (Å²) < 4.78 is 3.82. The molecule has 0 saturated carbocycles. The summed E-state index contributed by atoms with van der Waals surface area (Å²) in [5.41, 5.74) is 2.13. The minimum absolute atomic E-state index is 0.196. The molecule has 0 fully saturated rings. The highest BCUT2D eigenvalue weighted by molar-refractivity contribution is 7.03. The second-order valence-electron chi connectivity index (χ2n) is 7.91. The van der Waals surface area contributed by atoms with Gasteiger partial charge in [-0.3, -0.25) is 19.5 Å². The lowest BCUT2D eigenvalue weighted by molar-refractivity contribution is -0.123. The summed E-state index contributed by atoms with van der Waals surface area (Å²) in [6, 6.07) is 10.2. The van der Waals surface area contributed by atoms with Gasteiger partial charge in [-0.15, -0.1) is 5.10 Å². The first kappa shape index (κ1) is 21.6. The van der Waals surface area contributed by atoms with E-state index in [0.717, 1.165) is 23.5 Å². The minimum atomic E-state index is -0.895. The van der Waals surface area contributed by atoms with Crippen LogP contribution in [0.25, 0.3) is 0 Å². The maximum atomic E-state index is 13.5. The van der Waals surface area contributed by atoms with Gasteiger partial charge in [0.05, 0.1) is 0 Å². The molecule has 0 spiro atoms. The van der Waals surface area contributed by atoms with Crippen molar-refractivity contribution in [3.05, 3.63) is 71.0 Å². The number of hydrogen-bond donors (Lipinski definition) is 1. The van der Waals surface area contributed by atoms with E-state index < -0.39 is 11.6 Å². The molecule has 30 heavy (non-hydrogen) atoms. The maximum Gasteiger partial charge on any atom is 0.280 e. The molecule has 2 amide bonds. The van der Waals surface area contributed by atoms with E-state index in [4.69, 9.17) is 0 Å². The fourth-order valence-electron chi connectivity index (χ4n) is 3.06. The smallest absolute Gasteiger partial charge is 0.280 e. The lowest BCUT2D eigenvalue weighted by Gasteiger charge is -2.33. The number of carbonyl (C=O) groups excluding carboxylic acids is 2. The average Bonchev–Trinajstić information content (AvgIpc) is 3.26. The molecule has 8 heteroatoms. The largest absolute Gasteiger partial charge is 0.349 e. The number of anilines is 1. The number of nitrogens with zero attached hydrogens (tertiary/aromatic N) is 4. The zero-order valence-electron chi connectivity index (χ0n) is 17.5. The molecule has 0 aliphatic rings. The summed E-state index contributed by atoms with van der Waals surface area (Å²) in [6.45, 7) is 7.78. The summed E-state index contributed by atoms with van der Waals surface area (Å²) in [5, 5.41) is 8.53. The zero-order chi connectivity index (χ0) is 21.7. The molecule has 2 heterocycles. The van der Waals surface area contributed by atoms with Gasteiger partial charge in [0.2, 0.25) is 5.91 Å². The first-order valence-corrected chi connectivity index (χ1v) is 10.6. The number of benzene rings is 1. The van der Waals surface area contributed by atoms with Crippen LogP contribution in [0.2, 0.25) is 0 Å². The van der Waals surface area contributed by atoms with Gasteiger partial charge in [0.15, 0.2) is 5.69 Å². The van der Waals surface area contributed by atoms with Crippen molar-refractivity contribution in [1.82, 2.24) is 19.9 Å². The van der Waals surface area contributed by atoms with E-state index in [1.807, 2.05) is 45.0 Å². The van der Waals surface area contributed by atoms with Crippen molar-refractivity contribution in [2.75, 3.05) is 4.90 Å². The summed E-state index contributed by atoms with van der Waals surface area (Å²) in [7, 11) is 0. The molecule has 3 rings (SSSR count). The number of hydrogen-bond acceptors (Lipinski definition) is 6. The molecule has 0 aliphatic carbocycles. The van der Waals surface area contributed by atoms with E-state index in [0.29, 0.717) is 11.3 Å². The van der Waals surface area contributed by atoms with Crippen LogP contribution in [-0.2, 0) is 11.2 Å². The Morgan fingerprint density at radius 1 is 1.10 bits per heavy atom. The Kier molecular flexibility index (Phi) is 6.56. The van der Waals surface area contributed by atoms with E-state index in [2.05, 4.69) is 26.8 Å². The van der Waals surface area contributed by atoms with E-state index in [9.17, 15) is 9.59 Å². The fraction of sp³-hybridized carbons (Fsp3) is 0.318. The molecule has 156 valence electrons. The van der Waals surface area contributed by atoms with E-state index >= 15 is 0 Å². The van der Waals surface area contributed by atoms with Gasteiger partial charge in [-0.25, -0.2) is 0 Å². The fourth-order valence-corrected chi connectivity index (χ4v) is 3.49. The normalized spacial score (nSPS) is 12.3. The highest BCUT2D eigenvalue weighted by Crippen LogP contribution is 2.30. The van der Waals surface area contributed by atoms with Crippen molar-refractivity contribution >= 4 is 29.0 Å². The average molecular weight is 424 g/mol. The van der Waals surface area contributed by atoms with Gasteiger partial charge in [-0.1, -0.05) is 23.5 Å². The Balaban J connectivity index is 2.14. The van der Waals surface area contributed by atoms with Crippen molar-refractivity contribution in [2.45, 2.75) is 45.7 Å². The number of nitrogens with one attached hydrogen (secondary N) is 1. The summed E-state index contributed by atoms with van der Waals surface area (Å²) in [4.78, 5) is 32.4. The molecule has 3 aromatic rings. The molecule has 0 unspecified atom stereocenters. The molecular formula is C22H25N5O2S. The summed E-state index contributed by atoms with van der Waals surface area (Å²) >= 11 is 1.09. The van der Waals surface area contributed by atoms with Crippen LogP contribution in [0.1, 0.15) is 55.4 Å². The second kappa shape index (κ2) is 9.13. The van der Waals surface area contributed by atoms with Gasteiger partial charge in [-0.2, -0.15) is 0 Å². The van der Waals surface area contributed by atoms with Gasteiger partial charge in [0.25, 0.3) is 5.91 Å². The Labute approximate surface area is 180 Å². The Morgan fingerprint density at radius 3 is 2.30 bits per heavy atom. The predicted molar refractivity (Wildman–Crippen MR) is 117 cm³/mol. The quantitative estimate of drug-likeness (QED) is 0.652. The van der Waals surface area contributed by atoms with Crippen LogP contribution in [0.15, 0.2) is 54.2 Å². The highest BCUT2D eigenvalue weighted by Gasteiger charge is 2.35. The number of aromatic nitrogens is 3. The number of pyridine rings is 1. The second-order valence-corrected chi connectivity index (χ2v) is 8.52. The summed E-state index contributed by atoms with van der Waals surface area (Å²) in [5.74, 6) is -0.677. The number of rotatable bonds is 6. The van der Waals surface area contributed by atoms with Crippen LogP contribution in [0.5, 0.6) is 0 Å². The molecular weight excluding hydrogens is 398 g/mol. The van der Waals surface area contributed by atoms with E-state index in [1.165, 1.54) is 4.90 Å². The van der Waals surface area contributed by atoms with Crippen molar-refractivity contribution in [3.8, 4) is 0 Å². The van der Waals surface area contributed by atoms with E-state index in [1.54, 1.807) is 29.9 Å². The lowest BCUT2D eigenvalue weighted by Crippen LogP contribution is -2.49. The van der Waals surface area contributed by atoms with E-state index in [-0.39, 0.29) is 17.5 Å². The van der Waals surface area contributed by atoms with Crippen LogP contribution >= 0.6 is 11.5 Å². The minimum Gasteiger partial charge on any atom is -0.349 e. The van der Waals surface area contributed by atoms with Crippen molar-refractivity contribution < 1.29 is 9.59 Å². The Morgan fingerprint density at radius 2 is 1.77 bits per heavy atom.